The zero-order valence-corrected chi connectivity index (χ0v) is 18.7. The first-order valence-corrected chi connectivity index (χ1v) is 10.9. The maximum absolute atomic E-state index is 12.7. The monoisotopic (exact) mass is 434 g/mol. The van der Waals surface area contributed by atoms with Crippen LogP contribution in [0.15, 0.2) is 60.1 Å². The van der Waals surface area contributed by atoms with Crippen LogP contribution in [0.25, 0.3) is 0 Å². The highest BCUT2D eigenvalue weighted by Gasteiger charge is 2.27. The molecule has 9 nitrogen and oxygen atoms in total. The lowest BCUT2D eigenvalue weighted by molar-refractivity contribution is -0.120. The summed E-state index contributed by atoms with van der Waals surface area (Å²) in [5, 5.41) is 7.54. The van der Waals surface area contributed by atoms with Gasteiger partial charge in [-0.1, -0.05) is 30.3 Å². The number of hydrogen-bond donors (Lipinski definition) is 1. The van der Waals surface area contributed by atoms with Crippen molar-refractivity contribution >= 4 is 17.6 Å². The van der Waals surface area contributed by atoms with Crippen LogP contribution in [0.1, 0.15) is 17.8 Å². The zero-order valence-electron chi connectivity index (χ0n) is 18.7. The Morgan fingerprint density at radius 2 is 2.06 bits per heavy atom. The molecule has 0 aliphatic carbocycles. The topological polar surface area (TPSA) is 83.6 Å². The molecule has 2 aromatic heterocycles. The van der Waals surface area contributed by atoms with Gasteiger partial charge >= 0.3 is 0 Å². The summed E-state index contributed by atoms with van der Waals surface area (Å²) >= 11 is 0. The van der Waals surface area contributed by atoms with Gasteiger partial charge in [-0.25, -0.2) is 4.98 Å². The molecule has 0 unspecified atom stereocenters. The number of hydrogen-bond acceptors (Lipinski definition) is 4. The highest BCUT2D eigenvalue weighted by Crippen LogP contribution is 2.16. The summed E-state index contributed by atoms with van der Waals surface area (Å²) in [5.74, 6) is 1.71. The number of nitrogens with one attached hydrogen (secondary N) is 1. The lowest BCUT2D eigenvalue weighted by Crippen LogP contribution is -2.55. The number of guanidine groups is 1. The van der Waals surface area contributed by atoms with Crippen LogP contribution in [0.2, 0.25) is 0 Å². The van der Waals surface area contributed by atoms with Crippen molar-refractivity contribution in [3.63, 3.8) is 0 Å². The van der Waals surface area contributed by atoms with Crippen LogP contribution in [-0.4, -0.2) is 62.8 Å². The Morgan fingerprint density at radius 3 is 2.78 bits per heavy atom. The van der Waals surface area contributed by atoms with Crippen molar-refractivity contribution in [2.45, 2.75) is 25.9 Å². The van der Waals surface area contributed by atoms with Gasteiger partial charge in [-0.2, -0.15) is 5.10 Å². The second-order valence-electron chi connectivity index (χ2n) is 7.87. The molecule has 1 saturated heterocycles. The maximum atomic E-state index is 12.7. The Labute approximate surface area is 188 Å². The summed E-state index contributed by atoms with van der Waals surface area (Å²) < 4.78 is 3.88. The SMILES string of the molecule is CN=C(NCc1nccn1CCCc1ccccc1)N1CCN(c2cnn(C)c2)C(=O)C1. The van der Waals surface area contributed by atoms with Crippen molar-refractivity contribution in [3.05, 3.63) is 66.5 Å². The van der Waals surface area contributed by atoms with Gasteiger partial charge in [0, 0.05) is 52.3 Å². The zero-order chi connectivity index (χ0) is 22.3. The van der Waals surface area contributed by atoms with Crippen molar-refractivity contribution in [3.8, 4) is 0 Å². The third kappa shape index (κ3) is 5.16. The van der Waals surface area contributed by atoms with Crippen LogP contribution in [-0.2, 0) is 31.4 Å². The van der Waals surface area contributed by atoms with Gasteiger partial charge in [0.05, 0.1) is 18.4 Å². The number of aromatic nitrogens is 4. The Hall–Kier alpha value is -3.62. The number of carbonyl (C=O) groups is 1. The third-order valence-corrected chi connectivity index (χ3v) is 5.65. The molecule has 3 heterocycles. The molecule has 9 heteroatoms. The molecule has 1 N–H and O–H groups in total. The van der Waals surface area contributed by atoms with E-state index in [9.17, 15) is 4.79 Å². The van der Waals surface area contributed by atoms with E-state index in [2.05, 4.69) is 49.2 Å². The molecule has 1 aliphatic rings. The average molecular weight is 435 g/mol. The highest BCUT2D eigenvalue weighted by molar-refractivity contribution is 5.98. The molecule has 1 aromatic carbocycles. The Bertz CT molecular complexity index is 1050. The fraction of sp³-hybridized carbons (Fsp3) is 0.391. The standard InChI is InChI=1S/C23H30N8O/c1-24-23(30-13-14-31(22(32)18-30)20-15-27-28(2)17-20)26-16-21-25-10-12-29(21)11-6-9-19-7-4-3-5-8-19/h3-5,7-8,10,12,15,17H,6,9,11,13-14,16,18H2,1-2H3,(H,24,26). The summed E-state index contributed by atoms with van der Waals surface area (Å²) in [5.41, 5.74) is 2.18. The smallest absolute Gasteiger partial charge is 0.246 e. The normalized spacial score (nSPS) is 14.8. The number of carbonyl (C=O) groups excluding carboxylic acids is 1. The van der Waals surface area contributed by atoms with Crippen LogP contribution in [0.5, 0.6) is 0 Å². The molecule has 168 valence electrons. The molecule has 0 atom stereocenters. The van der Waals surface area contributed by atoms with Crippen LogP contribution >= 0.6 is 0 Å². The van der Waals surface area contributed by atoms with Crippen molar-refractivity contribution < 1.29 is 4.79 Å². The van der Waals surface area contributed by atoms with Crippen LogP contribution in [0, 0.1) is 0 Å². The molecule has 3 aromatic rings. The predicted molar refractivity (Wildman–Crippen MR) is 124 cm³/mol. The van der Waals surface area contributed by atoms with Gasteiger partial charge in [-0.3, -0.25) is 14.5 Å². The number of aryl methyl sites for hydroxylation is 3. The molecule has 0 bridgehead atoms. The minimum Gasteiger partial charge on any atom is -0.349 e. The third-order valence-electron chi connectivity index (χ3n) is 5.65. The Morgan fingerprint density at radius 1 is 1.22 bits per heavy atom. The summed E-state index contributed by atoms with van der Waals surface area (Å²) in [4.78, 5) is 25.4. The molecule has 4 rings (SSSR count). The maximum Gasteiger partial charge on any atom is 0.246 e. The summed E-state index contributed by atoms with van der Waals surface area (Å²) in [7, 11) is 3.59. The van der Waals surface area contributed by atoms with Gasteiger partial charge < -0.3 is 19.7 Å². The van der Waals surface area contributed by atoms with Crippen LogP contribution in [0.3, 0.4) is 0 Å². The summed E-state index contributed by atoms with van der Waals surface area (Å²) in [6.45, 7) is 3.04. The summed E-state index contributed by atoms with van der Waals surface area (Å²) in [6, 6.07) is 10.5. The number of benzene rings is 1. The van der Waals surface area contributed by atoms with Crippen LogP contribution < -0.4 is 10.2 Å². The lowest BCUT2D eigenvalue weighted by Gasteiger charge is -2.35. The van der Waals surface area contributed by atoms with E-state index in [-0.39, 0.29) is 12.5 Å². The number of anilines is 1. The number of amides is 1. The van der Waals surface area contributed by atoms with Gasteiger partial charge in [0.1, 0.15) is 12.4 Å². The molecule has 1 aliphatic heterocycles. The van der Waals surface area contributed by atoms with E-state index in [0.29, 0.717) is 25.6 Å². The van der Waals surface area contributed by atoms with E-state index in [0.717, 1.165) is 30.9 Å². The van der Waals surface area contributed by atoms with Crippen molar-refractivity contribution in [2.24, 2.45) is 12.0 Å². The first kappa shape index (κ1) is 21.6. The fourth-order valence-electron chi connectivity index (χ4n) is 3.97. The molecular weight excluding hydrogens is 404 g/mol. The average Bonchev–Trinajstić information content (AvgIpc) is 3.44. The highest BCUT2D eigenvalue weighted by atomic mass is 16.2. The van der Waals surface area contributed by atoms with Crippen molar-refractivity contribution in [2.75, 3.05) is 31.6 Å². The van der Waals surface area contributed by atoms with Gasteiger partial charge in [0.15, 0.2) is 5.96 Å². The van der Waals surface area contributed by atoms with E-state index in [4.69, 9.17) is 0 Å². The molecule has 1 amide bonds. The molecule has 32 heavy (non-hydrogen) atoms. The van der Waals surface area contributed by atoms with E-state index >= 15 is 0 Å². The van der Waals surface area contributed by atoms with Crippen LogP contribution in [0.4, 0.5) is 5.69 Å². The second kappa shape index (κ2) is 10.1. The Kier molecular flexibility index (Phi) is 6.84. The van der Waals surface area contributed by atoms with E-state index < -0.39 is 0 Å². The van der Waals surface area contributed by atoms with Crippen molar-refractivity contribution in [1.29, 1.82) is 0 Å². The van der Waals surface area contributed by atoms with Gasteiger partial charge in [0.2, 0.25) is 5.91 Å². The number of imidazole rings is 1. The quantitative estimate of drug-likeness (QED) is 0.452. The lowest BCUT2D eigenvalue weighted by atomic mass is 10.1. The molecule has 0 spiro atoms. The van der Waals surface area contributed by atoms with Gasteiger partial charge in [-0.05, 0) is 18.4 Å². The van der Waals surface area contributed by atoms with E-state index in [1.807, 2.05) is 36.6 Å². The first-order chi connectivity index (χ1) is 15.6. The van der Waals surface area contributed by atoms with E-state index in [1.54, 1.807) is 22.8 Å². The van der Waals surface area contributed by atoms with E-state index in [1.165, 1.54) is 5.56 Å². The largest absolute Gasteiger partial charge is 0.349 e. The Balaban J connectivity index is 1.29. The summed E-state index contributed by atoms with van der Waals surface area (Å²) in [6.07, 6.45) is 9.51. The number of piperazine rings is 1. The number of nitrogens with zero attached hydrogens (tertiary/aromatic N) is 7. The minimum absolute atomic E-state index is 0.0367. The van der Waals surface area contributed by atoms with Crippen molar-refractivity contribution in [1.82, 2.24) is 29.5 Å². The fourth-order valence-corrected chi connectivity index (χ4v) is 3.97. The second-order valence-corrected chi connectivity index (χ2v) is 7.87. The predicted octanol–water partition coefficient (Wildman–Crippen LogP) is 1.67. The molecular formula is C23H30N8O. The molecule has 1 fully saturated rings. The number of rotatable bonds is 7. The minimum atomic E-state index is 0.0367. The molecule has 0 radical (unpaired) electrons. The van der Waals surface area contributed by atoms with Gasteiger partial charge in [0.25, 0.3) is 0 Å². The van der Waals surface area contributed by atoms with Gasteiger partial charge in [-0.15, -0.1) is 0 Å². The number of aliphatic imine (C=N–C) groups is 1. The first-order valence-electron chi connectivity index (χ1n) is 10.9. The molecule has 0 saturated carbocycles.